The highest BCUT2D eigenvalue weighted by Gasteiger charge is 2.19. The van der Waals surface area contributed by atoms with Crippen LogP contribution in [0.2, 0.25) is 0 Å². The van der Waals surface area contributed by atoms with Crippen LogP contribution < -0.4 is 11.1 Å². The Morgan fingerprint density at radius 1 is 1.20 bits per heavy atom. The molecule has 0 aromatic carbocycles. The fraction of sp³-hybridized carbons (Fsp3) is 0.769. The number of hydrogen-bond acceptors (Lipinski definition) is 3. The van der Waals surface area contributed by atoms with Gasteiger partial charge in [-0.05, 0) is 18.8 Å². The molecular formula is C13H23N3O4. The Hall–Kier alpha value is -1.79. The molecule has 1 rings (SSSR count). The number of aliphatic carboxylic acids is 1. The first-order valence-corrected chi connectivity index (χ1v) is 7.02. The van der Waals surface area contributed by atoms with Crippen LogP contribution in [0.15, 0.2) is 0 Å². The van der Waals surface area contributed by atoms with Gasteiger partial charge in [-0.2, -0.15) is 0 Å². The fourth-order valence-corrected chi connectivity index (χ4v) is 2.55. The van der Waals surface area contributed by atoms with Gasteiger partial charge in [0.05, 0.1) is 0 Å². The molecule has 1 aliphatic rings. The van der Waals surface area contributed by atoms with Gasteiger partial charge in [0, 0.05) is 6.54 Å². The number of carbonyl (C=O) groups is 3. The molecule has 0 atom stereocenters. The molecule has 0 aliphatic heterocycles. The fourth-order valence-electron chi connectivity index (χ4n) is 2.55. The van der Waals surface area contributed by atoms with Gasteiger partial charge in [-0.1, -0.05) is 25.7 Å². The number of amides is 3. The zero-order valence-electron chi connectivity index (χ0n) is 11.6. The lowest BCUT2D eigenvalue weighted by Crippen LogP contribution is -2.46. The summed E-state index contributed by atoms with van der Waals surface area (Å²) in [6.45, 7) is -0.428. The smallest absolute Gasteiger partial charge is 0.323 e. The second-order valence-corrected chi connectivity index (χ2v) is 5.24. The Balaban J connectivity index is 2.25. The molecule has 1 aliphatic carbocycles. The third-order valence-corrected chi connectivity index (χ3v) is 3.50. The van der Waals surface area contributed by atoms with E-state index in [1.165, 1.54) is 25.7 Å². The molecule has 1 fully saturated rings. The zero-order chi connectivity index (χ0) is 15.0. The maximum Gasteiger partial charge on any atom is 0.323 e. The van der Waals surface area contributed by atoms with Gasteiger partial charge in [0.2, 0.25) is 5.91 Å². The molecule has 0 heterocycles. The number of nitrogens with zero attached hydrogens (tertiary/aromatic N) is 1. The van der Waals surface area contributed by atoms with Crippen LogP contribution in [0.4, 0.5) is 4.79 Å². The van der Waals surface area contributed by atoms with Gasteiger partial charge in [0.25, 0.3) is 0 Å². The SMILES string of the molecule is NC(=O)CN(CC(=O)O)C(=O)NCCCC1CCCC1. The molecule has 0 unspecified atom stereocenters. The first-order chi connectivity index (χ1) is 9.49. The Labute approximate surface area is 118 Å². The second kappa shape index (κ2) is 8.39. The highest BCUT2D eigenvalue weighted by Crippen LogP contribution is 2.28. The van der Waals surface area contributed by atoms with Crippen molar-refractivity contribution in [1.82, 2.24) is 10.2 Å². The summed E-state index contributed by atoms with van der Waals surface area (Å²) in [5.41, 5.74) is 4.99. The summed E-state index contributed by atoms with van der Waals surface area (Å²) in [5.74, 6) is -1.15. The number of nitrogens with one attached hydrogen (secondary N) is 1. The van der Waals surface area contributed by atoms with Gasteiger partial charge in [-0.15, -0.1) is 0 Å². The standard InChI is InChI=1S/C13H23N3O4/c14-11(17)8-16(9-12(18)19)13(20)15-7-3-6-10-4-1-2-5-10/h10H,1-9H2,(H2,14,17)(H,15,20)(H,18,19). The normalized spacial score (nSPS) is 15.0. The number of carbonyl (C=O) groups excluding carboxylic acids is 2. The monoisotopic (exact) mass is 285 g/mol. The topological polar surface area (TPSA) is 113 Å². The van der Waals surface area contributed by atoms with E-state index in [1.54, 1.807) is 0 Å². The van der Waals surface area contributed by atoms with E-state index in [1.807, 2.05) is 0 Å². The molecule has 3 amide bonds. The van der Waals surface area contributed by atoms with Crippen molar-refractivity contribution in [3.05, 3.63) is 0 Å². The van der Waals surface area contributed by atoms with E-state index in [-0.39, 0.29) is 6.54 Å². The molecule has 4 N–H and O–H groups in total. The van der Waals surface area contributed by atoms with Crippen LogP contribution >= 0.6 is 0 Å². The Bertz CT molecular complexity index is 338. The van der Waals surface area contributed by atoms with Gasteiger partial charge in [0.1, 0.15) is 13.1 Å². The lowest BCUT2D eigenvalue weighted by molar-refractivity contribution is -0.137. The zero-order valence-corrected chi connectivity index (χ0v) is 11.6. The van der Waals surface area contributed by atoms with Crippen molar-refractivity contribution in [2.75, 3.05) is 19.6 Å². The van der Waals surface area contributed by atoms with Gasteiger partial charge >= 0.3 is 12.0 Å². The largest absolute Gasteiger partial charge is 0.480 e. The van der Waals surface area contributed by atoms with Crippen LogP contribution in [0.3, 0.4) is 0 Å². The number of primary amides is 1. The molecule has 7 heteroatoms. The van der Waals surface area contributed by atoms with Gasteiger partial charge in [0.15, 0.2) is 0 Å². The molecule has 20 heavy (non-hydrogen) atoms. The summed E-state index contributed by atoms with van der Waals surface area (Å²) in [5, 5.41) is 11.3. The number of carboxylic acids is 1. The first-order valence-electron chi connectivity index (χ1n) is 7.02. The van der Waals surface area contributed by atoms with E-state index in [0.717, 1.165) is 23.7 Å². The summed E-state index contributed by atoms with van der Waals surface area (Å²) < 4.78 is 0. The molecule has 0 aromatic heterocycles. The molecule has 0 bridgehead atoms. The number of urea groups is 1. The third-order valence-electron chi connectivity index (χ3n) is 3.50. The Kier molecular flexibility index (Phi) is 6.83. The van der Waals surface area contributed by atoms with Crippen molar-refractivity contribution in [2.45, 2.75) is 38.5 Å². The van der Waals surface area contributed by atoms with Gasteiger partial charge < -0.3 is 21.1 Å². The number of hydrogen-bond donors (Lipinski definition) is 3. The summed E-state index contributed by atoms with van der Waals surface area (Å²) in [7, 11) is 0. The molecule has 0 aromatic rings. The lowest BCUT2D eigenvalue weighted by Gasteiger charge is -2.19. The van der Waals surface area contributed by atoms with Crippen molar-refractivity contribution in [2.24, 2.45) is 11.7 Å². The van der Waals surface area contributed by atoms with Crippen LogP contribution in [0.1, 0.15) is 38.5 Å². The lowest BCUT2D eigenvalue weighted by atomic mass is 10.0. The van der Waals surface area contributed by atoms with E-state index in [9.17, 15) is 14.4 Å². The van der Waals surface area contributed by atoms with E-state index in [2.05, 4.69) is 5.32 Å². The van der Waals surface area contributed by atoms with Crippen LogP contribution in [0.25, 0.3) is 0 Å². The number of carboxylic acid groups (broad SMARTS) is 1. The van der Waals surface area contributed by atoms with E-state index < -0.39 is 24.5 Å². The van der Waals surface area contributed by atoms with E-state index >= 15 is 0 Å². The summed E-state index contributed by atoms with van der Waals surface area (Å²) in [6.07, 6.45) is 7.06. The average molecular weight is 285 g/mol. The first kappa shape index (κ1) is 16.3. The van der Waals surface area contributed by atoms with Crippen LogP contribution in [0.5, 0.6) is 0 Å². The molecule has 1 saturated carbocycles. The third kappa shape index (κ3) is 6.40. The number of rotatable bonds is 8. The summed E-state index contributed by atoms with van der Waals surface area (Å²) in [6, 6.07) is -0.558. The predicted octanol–water partition coefficient (Wildman–Crippen LogP) is 0.538. The van der Waals surface area contributed by atoms with Crippen LogP contribution in [-0.4, -0.2) is 47.5 Å². The van der Waals surface area contributed by atoms with E-state index in [0.29, 0.717) is 6.54 Å². The molecule has 0 radical (unpaired) electrons. The average Bonchev–Trinajstić information content (AvgIpc) is 2.85. The highest BCUT2D eigenvalue weighted by molar-refractivity contribution is 5.85. The van der Waals surface area contributed by atoms with Crippen molar-refractivity contribution in [3.8, 4) is 0 Å². The van der Waals surface area contributed by atoms with Crippen LogP contribution in [0, 0.1) is 5.92 Å². The quantitative estimate of drug-likeness (QED) is 0.565. The molecule has 114 valence electrons. The Morgan fingerprint density at radius 2 is 1.85 bits per heavy atom. The Morgan fingerprint density at radius 3 is 2.40 bits per heavy atom. The van der Waals surface area contributed by atoms with Crippen LogP contribution in [-0.2, 0) is 9.59 Å². The molecular weight excluding hydrogens is 262 g/mol. The number of nitrogens with two attached hydrogens (primary N) is 1. The molecule has 0 spiro atoms. The summed E-state index contributed by atoms with van der Waals surface area (Å²) >= 11 is 0. The minimum Gasteiger partial charge on any atom is -0.480 e. The predicted molar refractivity (Wildman–Crippen MR) is 73.0 cm³/mol. The second-order valence-electron chi connectivity index (χ2n) is 5.24. The molecule has 0 saturated heterocycles. The molecule has 7 nitrogen and oxygen atoms in total. The minimum atomic E-state index is -1.17. The maximum absolute atomic E-state index is 11.8. The highest BCUT2D eigenvalue weighted by atomic mass is 16.4. The minimum absolute atomic E-state index is 0.388. The van der Waals surface area contributed by atoms with Gasteiger partial charge in [-0.3, -0.25) is 9.59 Å². The van der Waals surface area contributed by atoms with Crippen molar-refractivity contribution >= 4 is 17.9 Å². The van der Waals surface area contributed by atoms with E-state index in [4.69, 9.17) is 10.8 Å². The van der Waals surface area contributed by atoms with Crippen molar-refractivity contribution in [1.29, 1.82) is 0 Å². The van der Waals surface area contributed by atoms with Gasteiger partial charge in [-0.25, -0.2) is 4.79 Å². The maximum atomic E-state index is 11.8. The van der Waals surface area contributed by atoms with Crippen molar-refractivity contribution < 1.29 is 19.5 Å². The summed E-state index contributed by atoms with van der Waals surface area (Å²) in [4.78, 5) is 34.1. The van der Waals surface area contributed by atoms with Crippen molar-refractivity contribution in [3.63, 3.8) is 0 Å².